The summed E-state index contributed by atoms with van der Waals surface area (Å²) in [6, 6.07) is 0. The molecule has 0 N–H and O–H groups in total. The maximum atomic E-state index is 12.5. The second-order valence-electron chi connectivity index (χ2n) is 5.19. The Balaban J connectivity index is 1.99. The lowest BCUT2D eigenvalue weighted by Crippen LogP contribution is -2.29. The van der Waals surface area contributed by atoms with Gasteiger partial charge < -0.3 is 9.05 Å². The second kappa shape index (κ2) is 4.45. The zero-order valence-electron chi connectivity index (χ0n) is 9.57. The van der Waals surface area contributed by atoms with Crippen LogP contribution in [0.15, 0.2) is 0 Å². The molecule has 0 atom stereocenters. The van der Waals surface area contributed by atoms with Crippen molar-refractivity contribution >= 4 is 14.9 Å². The Kier molecular flexibility index (Phi) is 3.57. The van der Waals surface area contributed by atoms with Gasteiger partial charge in [0.05, 0.1) is 13.2 Å². The largest absolute Gasteiger partial charge is 0.349 e. The predicted molar refractivity (Wildman–Crippen MR) is 63.8 cm³/mol. The Morgan fingerprint density at radius 2 is 1.60 bits per heavy atom. The van der Waals surface area contributed by atoms with Crippen molar-refractivity contribution in [3.05, 3.63) is 0 Å². The maximum absolute atomic E-state index is 12.5. The highest BCUT2D eigenvalue weighted by Gasteiger charge is 2.42. The first-order chi connectivity index (χ1) is 7.02. The first-order valence-corrected chi connectivity index (χ1v) is 9.62. The predicted octanol–water partition coefficient (Wildman–Crippen LogP) is 3.83. The van der Waals surface area contributed by atoms with Gasteiger partial charge in [0.25, 0.3) is 0 Å². The molecule has 0 aromatic heterocycles. The Labute approximate surface area is 93.1 Å². The van der Waals surface area contributed by atoms with Crippen molar-refractivity contribution in [2.24, 2.45) is 5.41 Å². The van der Waals surface area contributed by atoms with E-state index in [1.165, 1.54) is 19.3 Å². The smallest absolute Gasteiger partial charge is 0.305 e. The minimum absolute atomic E-state index is 0.0268. The van der Waals surface area contributed by atoms with Crippen LogP contribution in [0.1, 0.15) is 33.1 Å². The van der Waals surface area contributed by atoms with E-state index in [1.807, 2.05) is 0 Å². The third kappa shape index (κ3) is 2.82. The first-order valence-electron chi connectivity index (χ1n) is 5.66. The Morgan fingerprint density at radius 3 is 2.13 bits per heavy atom. The topological polar surface area (TPSA) is 35.5 Å². The van der Waals surface area contributed by atoms with Gasteiger partial charge >= 0.3 is 7.28 Å². The summed E-state index contributed by atoms with van der Waals surface area (Å²) in [7, 11) is -3.21. The second-order valence-corrected chi connectivity index (χ2v) is 11.7. The molecule has 0 spiro atoms. The van der Waals surface area contributed by atoms with E-state index in [4.69, 9.17) is 9.05 Å². The molecule has 88 valence electrons. The SMILES string of the molecule is CC1(C)COP(=O)(P2CCCCC2)OC1. The highest BCUT2D eigenvalue weighted by atomic mass is 32.1. The van der Waals surface area contributed by atoms with E-state index < -0.39 is 14.9 Å². The molecule has 2 heterocycles. The quantitative estimate of drug-likeness (QED) is 0.663. The summed E-state index contributed by atoms with van der Waals surface area (Å²) >= 11 is 0. The van der Waals surface area contributed by atoms with Crippen LogP contribution in [0, 0.1) is 5.41 Å². The van der Waals surface area contributed by atoms with E-state index in [1.54, 1.807) is 0 Å². The van der Waals surface area contributed by atoms with Gasteiger partial charge in [-0.1, -0.05) is 20.3 Å². The molecule has 0 unspecified atom stereocenters. The summed E-state index contributed by atoms with van der Waals surface area (Å²) in [6.45, 7) is 5.35. The van der Waals surface area contributed by atoms with Crippen LogP contribution >= 0.6 is 14.9 Å². The molecule has 0 aliphatic carbocycles. The summed E-state index contributed by atoms with van der Waals surface area (Å²) in [5.74, 6) is 0. The third-order valence-electron chi connectivity index (χ3n) is 2.92. The van der Waals surface area contributed by atoms with Crippen molar-refractivity contribution in [1.82, 2.24) is 0 Å². The van der Waals surface area contributed by atoms with Gasteiger partial charge in [0.2, 0.25) is 0 Å². The molecule has 0 amide bonds. The number of rotatable bonds is 1. The Hall–Kier alpha value is 0.580. The molecule has 2 rings (SSSR count). The molecule has 0 bridgehead atoms. The monoisotopic (exact) mass is 250 g/mol. The van der Waals surface area contributed by atoms with Crippen molar-refractivity contribution in [2.75, 3.05) is 25.5 Å². The third-order valence-corrected chi connectivity index (χ3v) is 10.2. The van der Waals surface area contributed by atoms with Crippen LogP contribution in [-0.2, 0) is 13.6 Å². The number of hydrogen-bond acceptors (Lipinski definition) is 3. The molecule has 2 aliphatic heterocycles. The highest BCUT2D eigenvalue weighted by Crippen LogP contribution is 2.79. The maximum Gasteiger partial charge on any atom is 0.349 e. The van der Waals surface area contributed by atoms with Gasteiger partial charge in [-0.15, -0.1) is 0 Å². The number of hydrogen-bond donors (Lipinski definition) is 0. The van der Waals surface area contributed by atoms with Crippen molar-refractivity contribution < 1.29 is 13.6 Å². The van der Waals surface area contributed by atoms with Gasteiger partial charge in [-0.3, -0.25) is 4.57 Å². The van der Waals surface area contributed by atoms with E-state index in [0.717, 1.165) is 12.3 Å². The molecular formula is C10H20O3P2. The lowest BCUT2D eigenvalue weighted by molar-refractivity contribution is 0.0493. The molecule has 15 heavy (non-hydrogen) atoms. The van der Waals surface area contributed by atoms with Crippen LogP contribution in [-0.4, -0.2) is 25.5 Å². The van der Waals surface area contributed by atoms with Gasteiger partial charge in [0.1, 0.15) is 0 Å². The lowest BCUT2D eigenvalue weighted by Gasteiger charge is -2.38. The molecule has 0 radical (unpaired) electrons. The normalized spacial score (nSPS) is 31.3. The zero-order chi connectivity index (χ0) is 10.9. The summed E-state index contributed by atoms with van der Waals surface area (Å²) in [5.41, 5.74) is 0.0268. The molecule has 5 heteroatoms. The van der Waals surface area contributed by atoms with Crippen LogP contribution in [0.25, 0.3) is 0 Å². The molecule has 3 nitrogen and oxygen atoms in total. The van der Waals surface area contributed by atoms with Crippen LogP contribution in [0.2, 0.25) is 0 Å². The van der Waals surface area contributed by atoms with Crippen LogP contribution in [0.5, 0.6) is 0 Å². The van der Waals surface area contributed by atoms with E-state index in [0.29, 0.717) is 13.2 Å². The lowest BCUT2D eigenvalue weighted by atomic mass is 9.97. The summed E-state index contributed by atoms with van der Waals surface area (Å²) in [6.07, 6.45) is 5.84. The fraction of sp³-hybridized carbons (Fsp3) is 1.00. The summed E-state index contributed by atoms with van der Waals surface area (Å²) in [5, 5.41) is 0. The fourth-order valence-corrected chi connectivity index (χ4v) is 8.84. The average Bonchev–Trinajstić information content (AvgIpc) is 2.24. The molecule has 0 saturated carbocycles. The van der Waals surface area contributed by atoms with Crippen LogP contribution < -0.4 is 0 Å². The van der Waals surface area contributed by atoms with Crippen molar-refractivity contribution in [2.45, 2.75) is 33.1 Å². The van der Waals surface area contributed by atoms with E-state index >= 15 is 0 Å². The van der Waals surface area contributed by atoms with E-state index in [9.17, 15) is 4.57 Å². The molecule has 0 aromatic rings. The molecule has 2 fully saturated rings. The van der Waals surface area contributed by atoms with Gasteiger partial charge in [-0.05, 0) is 25.2 Å². The Morgan fingerprint density at radius 1 is 1.07 bits per heavy atom. The minimum atomic E-state index is -2.70. The summed E-state index contributed by atoms with van der Waals surface area (Å²) in [4.78, 5) is 0. The molecule has 0 aromatic carbocycles. The molecule has 2 aliphatic rings. The standard InChI is InChI=1S/C10H20O3P2/c1-10(2)8-12-15(11,13-9-10)14-6-4-3-5-7-14/h3-9H2,1-2H3. The van der Waals surface area contributed by atoms with Gasteiger partial charge in [-0.2, -0.15) is 0 Å². The fourth-order valence-electron chi connectivity index (χ4n) is 1.88. The van der Waals surface area contributed by atoms with Crippen molar-refractivity contribution in [3.63, 3.8) is 0 Å². The minimum Gasteiger partial charge on any atom is -0.305 e. The Bertz CT molecular complexity index is 258. The van der Waals surface area contributed by atoms with Crippen LogP contribution in [0.3, 0.4) is 0 Å². The van der Waals surface area contributed by atoms with E-state index in [-0.39, 0.29) is 5.41 Å². The van der Waals surface area contributed by atoms with Crippen molar-refractivity contribution in [3.8, 4) is 0 Å². The molecule has 2 saturated heterocycles. The molecular weight excluding hydrogens is 230 g/mol. The summed E-state index contributed by atoms with van der Waals surface area (Å²) < 4.78 is 23.6. The zero-order valence-corrected chi connectivity index (χ0v) is 11.4. The first kappa shape index (κ1) is 12.0. The highest BCUT2D eigenvalue weighted by molar-refractivity contribution is 8.28. The average molecular weight is 250 g/mol. The van der Waals surface area contributed by atoms with Gasteiger partial charge in [0, 0.05) is 13.0 Å². The van der Waals surface area contributed by atoms with E-state index in [2.05, 4.69) is 13.8 Å². The van der Waals surface area contributed by atoms with Gasteiger partial charge in [-0.25, -0.2) is 0 Å². The van der Waals surface area contributed by atoms with Crippen LogP contribution in [0.4, 0.5) is 0 Å². The van der Waals surface area contributed by atoms with Gasteiger partial charge in [0.15, 0.2) is 0 Å². The van der Waals surface area contributed by atoms with Crippen molar-refractivity contribution in [1.29, 1.82) is 0 Å².